The third-order valence-corrected chi connectivity index (χ3v) is 2.70. The van der Waals surface area contributed by atoms with Crippen molar-refractivity contribution in [2.75, 3.05) is 6.79 Å². The molecule has 1 aromatic carbocycles. The second-order valence-corrected chi connectivity index (χ2v) is 3.90. The van der Waals surface area contributed by atoms with Crippen LogP contribution in [-0.2, 0) is 0 Å². The van der Waals surface area contributed by atoms with Gasteiger partial charge in [-0.1, -0.05) is 11.6 Å². The molecule has 6 heteroatoms. The number of benzene rings is 1. The van der Waals surface area contributed by atoms with E-state index in [1.165, 1.54) is 0 Å². The molecule has 0 bridgehead atoms. The van der Waals surface area contributed by atoms with Crippen molar-refractivity contribution < 1.29 is 14.6 Å². The fourth-order valence-electron chi connectivity index (χ4n) is 1.45. The van der Waals surface area contributed by atoms with Gasteiger partial charge in [0.15, 0.2) is 11.5 Å². The molecule has 0 radical (unpaired) electrons. The molecule has 1 aliphatic rings. The van der Waals surface area contributed by atoms with Gasteiger partial charge >= 0.3 is 0 Å². The first-order valence-corrected chi connectivity index (χ1v) is 5.00. The van der Waals surface area contributed by atoms with Crippen LogP contribution in [0.5, 0.6) is 11.5 Å². The molecule has 0 amide bonds. The lowest BCUT2D eigenvalue weighted by atomic mass is 10.0. The van der Waals surface area contributed by atoms with Gasteiger partial charge in [0.25, 0.3) is 0 Å². The molecule has 2 atom stereocenters. The lowest BCUT2D eigenvalue weighted by Crippen LogP contribution is -2.23. The molecule has 90 valence electrons. The predicted octanol–water partition coefficient (Wildman–Crippen LogP) is 1.87. The average molecular weight is 266 g/mol. The lowest BCUT2D eigenvalue weighted by molar-refractivity contribution is 0.164. The van der Waals surface area contributed by atoms with E-state index in [9.17, 15) is 5.11 Å². The first-order chi connectivity index (χ1) is 7.09. The number of aliphatic hydroxyl groups is 1. The minimum Gasteiger partial charge on any atom is -0.454 e. The van der Waals surface area contributed by atoms with Crippen LogP contribution in [-0.4, -0.2) is 18.0 Å². The van der Waals surface area contributed by atoms with Gasteiger partial charge in [0.2, 0.25) is 6.79 Å². The molecule has 2 rings (SSSR count). The summed E-state index contributed by atoms with van der Waals surface area (Å²) >= 11 is 6.02. The molecule has 3 N–H and O–H groups in total. The highest BCUT2D eigenvalue weighted by Crippen LogP contribution is 2.38. The Morgan fingerprint density at radius 2 is 1.94 bits per heavy atom. The predicted molar refractivity (Wildman–Crippen MR) is 63.4 cm³/mol. The Balaban J connectivity index is 0.00000128. The zero-order valence-corrected chi connectivity index (χ0v) is 10.2. The molecule has 1 aliphatic heterocycles. The molecule has 1 aromatic rings. The van der Waals surface area contributed by atoms with E-state index in [1.54, 1.807) is 19.1 Å². The summed E-state index contributed by atoms with van der Waals surface area (Å²) in [6.45, 7) is 1.81. The summed E-state index contributed by atoms with van der Waals surface area (Å²) in [5.74, 6) is 1.23. The number of hydrogen-bond donors (Lipinski definition) is 2. The van der Waals surface area contributed by atoms with Gasteiger partial charge in [-0.05, 0) is 18.6 Å². The second kappa shape index (κ2) is 5.10. The van der Waals surface area contributed by atoms with Crippen molar-refractivity contribution in [1.29, 1.82) is 0 Å². The van der Waals surface area contributed by atoms with Gasteiger partial charge < -0.3 is 20.3 Å². The van der Waals surface area contributed by atoms with Gasteiger partial charge in [0.05, 0.1) is 12.1 Å². The van der Waals surface area contributed by atoms with E-state index < -0.39 is 12.1 Å². The van der Waals surface area contributed by atoms with Crippen LogP contribution in [0.3, 0.4) is 0 Å². The van der Waals surface area contributed by atoms with E-state index in [1.807, 2.05) is 0 Å². The van der Waals surface area contributed by atoms with E-state index in [-0.39, 0.29) is 19.2 Å². The molecule has 0 spiro atoms. The molecule has 0 saturated carbocycles. The van der Waals surface area contributed by atoms with E-state index in [0.717, 1.165) is 0 Å². The third-order valence-electron chi connectivity index (χ3n) is 2.37. The zero-order chi connectivity index (χ0) is 11.0. The fourth-order valence-corrected chi connectivity index (χ4v) is 1.73. The maximum atomic E-state index is 9.39. The summed E-state index contributed by atoms with van der Waals surface area (Å²) in [5.41, 5.74) is 6.46. The van der Waals surface area contributed by atoms with Crippen molar-refractivity contribution in [2.45, 2.75) is 19.1 Å². The summed E-state index contributed by atoms with van der Waals surface area (Å²) in [7, 11) is 0. The topological polar surface area (TPSA) is 64.7 Å². The molecule has 1 heterocycles. The summed E-state index contributed by atoms with van der Waals surface area (Å²) in [4.78, 5) is 0. The second-order valence-electron chi connectivity index (χ2n) is 3.49. The SMILES string of the molecule is C[C@H](O)[C@H](N)c1cc2c(cc1Cl)OCO2.Cl. The first kappa shape index (κ1) is 13.4. The molecule has 0 saturated heterocycles. The van der Waals surface area contributed by atoms with Gasteiger partial charge in [-0.2, -0.15) is 0 Å². The van der Waals surface area contributed by atoms with Crippen LogP contribution in [0.2, 0.25) is 5.02 Å². The average Bonchev–Trinajstić information content (AvgIpc) is 2.62. The minimum atomic E-state index is -0.664. The summed E-state index contributed by atoms with van der Waals surface area (Å²) in [5, 5.41) is 9.87. The molecule has 0 aliphatic carbocycles. The Labute approximate surface area is 105 Å². The highest BCUT2D eigenvalue weighted by molar-refractivity contribution is 6.31. The molecular weight excluding hydrogens is 253 g/mol. The Kier molecular flexibility index (Phi) is 4.27. The number of nitrogens with two attached hydrogens (primary N) is 1. The van der Waals surface area contributed by atoms with Crippen molar-refractivity contribution in [3.8, 4) is 11.5 Å². The molecular formula is C10H13Cl2NO3. The fraction of sp³-hybridized carbons (Fsp3) is 0.400. The van der Waals surface area contributed by atoms with Gasteiger partial charge in [0, 0.05) is 11.1 Å². The Morgan fingerprint density at radius 3 is 2.50 bits per heavy atom. The van der Waals surface area contributed by atoms with E-state index in [4.69, 9.17) is 26.8 Å². The summed E-state index contributed by atoms with van der Waals surface area (Å²) < 4.78 is 10.4. The smallest absolute Gasteiger partial charge is 0.231 e. The van der Waals surface area contributed by atoms with Gasteiger partial charge in [0.1, 0.15) is 0 Å². The normalized spacial score (nSPS) is 16.5. The number of rotatable bonds is 2. The number of fused-ring (bicyclic) bond motifs is 1. The van der Waals surface area contributed by atoms with Crippen molar-refractivity contribution in [2.24, 2.45) is 5.73 Å². The number of aliphatic hydroxyl groups excluding tert-OH is 1. The highest BCUT2D eigenvalue weighted by Gasteiger charge is 2.21. The van der Waals surface area contributed by atoms with E-state index >= 15 is 0 Å². The van der Waals surface area contributed by atoms with Crippen molar-refractivity contribution in [3.63, 3.8) is 0 Å². The summed E-state index contributed by atoms with van der Waals surface area (Å²) in [6.07, 6.45) is -0.664. The van der Waals surface area contributed by atoms with Crippen LogP contribution in [0.15, 0.2) is 12.1 Å². The van der Waals surface area contributed by atoms with Crippen LogP contribution in [0.25, 0.3) is 0 Å². The van der Waals surface area contributed by atoms with Crippen LogP contribution < -0.4 is 15.2 Å². The molecule has 0 aromatic heterocycles. The van der Waals surface area contributed by atoms with E-state index in [0.29, 0.717) is 22.1 Å². The number of hydrogen-bond acceptors (Lipinski definition) is 4. The minimum absolute atomic E-state index is 0. The maximum Gasteiger partial charge on any atom is 0.231 e. The highest BCUT2D eigenvalue weighted by atomic mass is 35.5. The number of halogens is 2. The maximum absolute atomic E-state index is 9.39. The van der Waals surface area contributed by atoms with E-state index in [2.05, 4.69) is 0 Å². The Hall–Kier alpha value is -0.680. The van der Waals surface area contributed by atoms with Crippen LogP contribution in [0, 0.1) is 0 Å². The lowest BCUT2D eigenvalue weighted by Gasteiger charge is -2.16. The Morgan fingerprint density at radius 1 is 1.38 bits per heavy atom. The molecule has 4 nitrogen and oxygen atoms in total. The van der Waals surface area contributed by atoms with Crippen LogP contribution >= 0.6 is 24.0 Å². The van der Waals surface area contributed by atoms with Crippen molar-refractivity contribution >= 4 is 24.0 Å². The number of ether oxygens (including phenoxy) is 2. The van der Waals surface area contributed by atoms with Crippen molar-refractivity contribution in [3.05, 3.63) is 22.7 Å². The molecule has 0 unspecified atom stereocenters. The van der Waals surface area contributed by atoms with Crippen LogP contribution in [0.1, 0.15) is 18.5 Å². The quantitative estimate of drug-likeness (QED) is 0.857. The van der Waals surface area contributed by atoms with Gasteiger partial charge in [-0.3, -0.25) is 0 Å². The van der Waals surface area contributed by atoms with Crippen molar-refractivity contribution in [1.82, 2.24) is 0 Å². The zero-order valence-electron chi connectivity index (χ0n) is 8.64. The largest absolute Gasteiger partial charge is 0.454 e. The van der Waals surface area contributed by atoms with Gasteiger partial charge in [-0.15, -0.1) is 12.4 Å². The molecule has 0 fully saturated rings. The van der Waals surface area contributed by atoms with Crippen LogP contribution in [0.4, 0.5) is 0 Å². The summed E-state index contributed by atoms with van der Waals surface area (Å²) in [6, 6.07) is 2.84. The van der Waals surface area contributed by atoms with Gasteiger partial charge in [-0.25, -0.2) is 0 Å². The third kappa shape index (κ3) is 2.35. The monoisotopic (exact) mass is 265 g/mol. The first-order valence-electron chi connectivity index (χ1n) is 4.62. The standard InChI is InChI=1S/C10H12ClNO3.ClH/c1-5(13)10(12)6-2-8-9(3-7(6)11)15-4-14-8;/h2-3,5,10,13H,4,12H2,1H3;1H/t5-,10-;/m0./s1. The molecule has 16 heavy (non-hydrogen) atoms. The Bertz CT molecular complexity index is 385.